The lowest BCUT2D eigenvalue weighted by molar-refractivity contribution is -0.0131. The van der Waals surface area contributed by atoms with Gasteiger partial charge in [0.1, 0.15) is 23.9 Å². The second-order valence-electron chi connectivity index (χ2n) is 14.6. The molecule has 0 saturated heterocycles. The topological polar surface area (TPSA) is 113 Å². The van der Waals surface area contributed by atoms with Crippen molar-refractivity contribution in [2.75, 3.05) is 18.8 Å². The molecule has 2 aromatic heterocycles. The minimum Gasteiger partial charge on any atom is -0.390 e. The largest absolute Gasteiger partial charge is 0.390 e. The second-order valence-corrected chi connectivity index (χ2v) is 14.6. The van der Waals surface area contributed by atoms with Gasteiger partial charge in [-0.2, -0.15) is 0 Å². The first-order chi connectivity index (χ1) is 20.0. The fourth-order valence-corrected chi connectivity index (χ4v) is 7.42. The number of anilines is 1. The summed E-state index contributed by atoms with van der Waals surface area (Å²) in [6.45, 7) is 13.1. The summed E-state index contributed by atoms with van der Waals surface area (Å²) < 4.78 is 1.97. The predicted octanol–water partition coefficient (Wildman–Crippen LogP) is 5.44. The Labute approximate surface area is 250 Å². The lowest BCUT2D eigenvalue weighted by Crippen LogP contribution is -2.49. The first-order valence-electron chi connectivity index (χ1n) is 15.8. The van der Waals surface area contributed by atoms with Crippen LogP contribution in [0.5, 0.6) is 0 Å². The SMILES string of the molecule is CC(C)CN(C[C@H]1C[C@@H](n2ccc3c(N)ncnc32)[C@H](O)[C@@H]1O)[C@H]1C[C@@H](CCC2=Nc3cc(C(C)(C)C)ccc3C2)C1. The molecule has 2 aliphatic carbocycles. The highest BCUT2D eigenvalue weighted by Crippen LogP contribution is 2.42. The van der Waals surface area contributed by atoms with E-state index in [0.717, 1.165) is 37.2 Å². The minimum atomic E-state index is -0.840. The Bertz CT molecular complexity index is 1450. The van der Waals surface area contributed by atoms with Crippen molar-refractivity contribution < 1.29 is 10.2 Å². The number of rotatable bonds is 9. The number of benzene rings is 1. The van der Waals surface area contributed by atoms with Gasteiger partial charge >= 0.3 is 0 Å². The third-order valence-electron chi connectivity index (χ3n) is 9.93. The lowest BCUT2D eigenvalue weighted by Gasteiger charge is -2.45. The summed E-state index contributed by atoms with van der Waals surface area (Å²) in [7, 11) is 0. The van der Waals surface area contributed by atoms with Crippen LogP contribution in [0.3, 0.4) is 0 Å². The van der Waals surface area contributed by atoms with Gasteiger partial charge in [0.15, 0.2) is 0 Å². The van der Waals surface area contributed by atoms with Gasteiger partial charge < -0.3 is 20.5 Å². The molecule has 3 aromatic rings. The van der Waals surface area contributed by atoms with Gasteiger partial charge in [-0.05, 0) is 72.6 Å². The van der Waals surface area contributed by atoms with Crippen LogP contribution in [0.15, 0.2) is 41.8 Å². The molecule has 6 rings (SSSR count). The third kappa shape index (κ3) is 5.73. The Kier molecular flexibility index (Phi) is 7.92. The molecule has 3 aliphatic rings. The fourth-order valence-electron chi connectivity index (χ4n) is 7.42. The van der Waals surface area contributed by atoms with Crippen LogP contribution < -0.4 is 5.73 Å². The van der Waals surface area contributed by atoms with Gasteiger partial charge in [0.25, 0.3) is 0 Å². The van der Waals surface area contributed by atoms with Crippen molar-refractivity contribution in [3.8, 4) is 0 Å². The molecule has 42 heavy (non-hydrogen) atoms. The van der Waals surface area contributed by atoms with Crippen LogP contribution in [0.4, 0.5) is 11.5 Å². The fraction of sp³-hybridized carbons (Fsp3) is 0.618. The molecule has 4 N–H and O–H groups in total. The Balaban J connectivity index is 1.05. The third-order valence-corrected chi connectivity index (χ3v) is 9.93. The van der Waals surface area contributed by atoms with E-state index in [2.05, 4.69) is 67.7 Å². The minimum absolute atomic E-state index is 0.00349. The molecule has 0 radical (unpaired) electrons. The quantitative estimate of drug-likeness (QED) is 0.315. The van der Waals surface area contributed by atoms with Crippen molar-refractivity contribution in [3.63, 3.8) is 0 Å². The number of hydrogen-bond donors (Lipinski definition) is 3. The van der Waals surface area contributed by atoms with Crippen LogP contribution >= 0.6 is 0 Å². The highest BCUT2D eigenvalue weighted by molar-refractivity contribution is 5.94. The van der Waals surface area contributed by atoms with Crippen LogP contribution in [0, 0.1) is 17.8 Å². The van der Waals surface area contributed by atoms with E-state index in [9.17, 15) is 10.2 Å². The molecule has 1 aromatic carbocycles. The average Bonchev–Trinajstić information content (AvgIpc) is 3.59. The number of aromatic nitrogens is 3. The van der Waals surface area contributed by atoms with Crippen molar-refractivity contribution >= 4 is 28.3 Å². The number of hydrogen-bond acceptors (Lipinski definition) is 7. The summed E-state index contributed by atoms with van der Waals surface area (Å²) in [4.78, 5) is 16.1. The zero-order valence-corrected chi connectivity index (χ0v) is 25.9. The molecule has 0 spiro atoms. The van der Waals surface area contributed by atoms with Crippen molar-refractivity contribution in [3.05, 3.63) is 47.9 Å². The van der Waals surface area contributed by atoms with Gasteiger partial charge in [-0.15, -0.1) is 0 Å². The van der Waals surface area contributed by atoms with Crippen LogP contribution in [0.2, 0.25) is 0 Å². The monoisotopic (exact) mass is 572 g/mol. The lowest BCUT2D eigenvalue weighted by atomic mass is 9.75. The maximum atomic E-state index is 11.1. The summed E-state index contributed by atoms with van der Waals surface area (Å²) in [6.07, 6.45) is 8.15. The molecule has 4 atom stereocenters. The summed E-state index contributed by atoms with van der Waals surface area (Å²) in [5.41, 5.74) is 12.1. The molecule has 3 heterocycles. The summed E-state index contributed by atoms with van der Waals surface area (Å²) in [5.74, 6) is 1.71. The molecule has 0 bridgehead atoms. The summed E-state index contributed by atoms with van der Waals surface area (Å²) in [5, 5.41) is 23.0. The normalized spacial score (nSPS) is 27.6. The van der Waals surface area contributed by atoms with Crippen LogP contribution in [0.1, 0.15) is 83.9 Å². The molecule has 2 saturated carbocycles. The molecular formula is C34H48N6O2. The van der Waals surface area contributed by atoms with Gasteiger partial charge in [0.2, 0.25) is 0 Å². The van der Waals surface area contributed by atoms with Crippen LogP contribution in [-0.4, -0.2) is 66.7 Å². The number of aliphatic imine (C=N–C) groups is 1. The molecule has 1 aliphatic heterocycles. The zero-order chi connectivity index (χ0) is 29.8. The molecule has 8 heteroatoms. The second kappa shape index (κ2) is 11.4. The smallest absolute Gasteiger partial charge is 0.145 e. The Hall–Kier alpha value is -2.81. The Morgan fingerprint density at radius 2 is 1.86 bits per heavy atom. The molecule has 2 fully saturated rings. The number of aliphatic hydroxyl groups is 2. The Morgan fingerprint density at radius 3 is 2.60 bits per heavy atom. The van der Waals surface area contributed by atoms with E-state index in [0.29, 0.717) is 29.8 Å². The summed E-state index contributed by atoms with van der Waals surface area (Å²) >= 11 is 0. The van der Waals surface area contributed by atoms with Crippen molar-refractivity contribution in [1.29, 1.82) is 0 Å². The van der Waals surface area contributed by atoms with Gasteiger partial charge in [-0.1, -0.05) is 46.8 Å². The molecular weight excluding hydrogens is 524 g/mol. The molecule has 8 nitrogen and oxygen atoms in total. The standard InChI is InChI=1S/C34H48N6O2/c1-20(2)17-39(18-23-15-29(31(42)30(23)41)40-11-10-27-32(35)36-19-37-33(27)40)26-12-21(13-26)6-9-25-14-22-7-8-24(34(3,4)5)16-28(22)38-25/h7-8,10-11,16,19-21,23,26,29-31,41-42H,6,9,12-15,17-18H2,1-5H3,(H2,35,36,37)/t21-,23-,26+,29-,30-,31+/m1/s1. The van der Waals surface area contributed by atoms with Gasteiger partial charge in [0, 0.05) is 43.4 Å². The number of aliphatic hydroxyl groups excluding tert-OH is 2. The zero-order valence-electron chi connectivity index (χ0n) is 25.9. The van der Waals surface area contributed by atoms with E-state index in [4.69, 9.17) is 10.7 Å². The number of nitrogens with two attached hydrogens (primary N) is 1. The van der Waals surface area contributed by atoms with Crippen LogP contribution in [-0.2, 0) is 11.8 Å². The number of nitrogens with zero attached hydrogens (tertiary/aromatic N) is 5. The number of fused-ring (bicyclic) bond motifs is 2. The highest BCUT2D eigenvalue weighted by atomic mass is 16.3. The Morgan fingerprint density at radius 1 is 1.07 bits per heavy atom. The first kappa shape index (κ1) is 29.3. The van der Waals surface area contributed by atoms with E-state index in [1.54, 1.807) is 0 Å². The van der Waals surface area contributed by atoms with E-state index in [1.807, 2.05) is 16.8 Å². The molecule has 0 unspecified atom stereocenters. The van der Waals surface area contributed by atoms with Gasteiger partial charge in [0.05, 0.1) is 23.2 Å². The first-order valence-corrected chi connectivity index (χ1v) is 15.8. The number of nitrogen functional groups attached to an aromatic ring is 1. The summed E-state index contributed by atoms with van der Waals surface area (Å²) in [6, 6.07) is 9.03. The van der Waals surface area contributed by atoms with Crippen LogP contribution in [0.25, 0.3) is 11.0 Å². The molecule has 0 amide bonds. The van der Waals surface area contributed by atoms with Crippen molar-refractivity contribution in [1.82, 2.24) is 19.4 Å². The van der Waals surface area contributed by atoms with Gasteiger partial charge in [-0.3, -0.25) is 9.89 Å². The predicted molar refractivity (Wildman–Crippen MR) is 169 cm³/mol. The van der Waals surface area contributed by atoms with Crippen molar-refractivity contribution in [2.24, 2.45) is 22.7 Å². The van der Waals surface area contributed by atoms with Gasteiger partial charge in [-0.25, -0.2) is 9.97 Å². The maximum absolute atomic E-state index is 11.1. The van der Waals surface area contributed by atoms with Crippen molar-refractivity contribution in [2.45, 2.75) is 103 Å². The van der Waals surface area contributed by atoms with E-state index >= 15 is 0 Å². The average molecular weight is 573 g/mol. The molecule has 226 valence electrons. The van der Waals surface area contributed by atoms with E-state index < -0.39 is 12.2 Å². The van der Waals surface area contributed by atoms with E-state index in [-0.39, 0.29) is 17.4 Å². The highest BCUT2D eigenvalue weighted by Gasteiger charge is 2.45. The van der Waals surface area contributed by atoms with E-state index in [1.165, 1.54) is 48.1 Å². The maximum Gasteiger partial charge on any atom is 0.145 e.